The highest BCUT2D eigenvalue weighted by Gasteiger charge is 2.33. The van der Waals surface area contributed by atoms with Crippen LogP contribution in [0.3, 0.4) is 0 Å². The molecular weight excluding hydrogens is 416 g/mol. The number of pyridine rings is 1. The molecule has 2 heterocycles. The Hall–Kier alpha value is -2.00. The number of carbonyl (C=O) groups is 1. The summed E-state index contributed by atoms with van der Waals surface area (Å²) in [5.74, 6) is 0.633. The molecule has 0 spiro atoms. The molecule has 174 valence electrons. The number of unbranched alkanes of at least 4 members (excludes halogenated alkanes) is 2. The van der Waals surface area contributed by atoms with E-state index in [4.69, 9.17) is 4.74 Å². The number of nitrogens with zero attached hydrogens (tertiary/aromatic N) is 4. The Labute approximate surface area is 186 Å². The van der Waals surface area contributed by atoms with Crippen molar-refractivity contribution in [2.75, 3.05) is 12.8 Å². The average Bonchev–Trinajstić information content (AvgIpc) is 2.99. The number of aryl methyl sites for hydroxylation is 2. The third kappa shape index (κ3) is 7.00. The van der Waals surface area contributed by atoms with Crippen LogP contribution < -0.4 is 0 Å². The largest absolute Gasteiger partial charge is 0.462 e. The van der Waals surface area contributed by atoms with Crippen molar-refractivity contribution in [3.63, 3.8) is 0 Å². The SMILES string of the molecule is Cc1nc2cnccc2n1CCCCCS(=O)(=O)N(C)[C@@H](CC(C)C)C(=O)OC(C)C. The molecule has 8 nitrogen and oxygen atoms in total. The predicted molar refractivity (Wildman–Crippen MR) is 122 cm³/mol. The fourth-order valence-electron chi connectivity index (χ4n) is 3.60. The van der Waals surface area contributed by atoms with Gasteiger partial charge >= 0.3 is 5.97 Å². The van der Waals surface area contributed by atoms with Gasteiger partial charge in [0, 0.05) is 19.8 Å². The van der Waals surface area contributed by atoms with Crippen LogP contribution in [0.1, 0.15) is 59.2 Å². The first-order valence-corrected chi connectivity index (χ1v) is 12.6. The summed E-state index contributed by atoms with van der Waals surface area (Å²) >= 11 is 0. The summed E-state index contributed by atoms with van der Waals surface area (Å²) in [5.41, 5.74) is 1.91. The Kier molecular flexibility index (Phi) is 9.00. The van der Waals surface area contributed by atoms with Gasteiger partial charge in [-0.3, -0.25) is 9.78 Å². The van der Waals surface area contributed by atoms with Gasteiger partial charge in [-0.05, 0) is 52.0 Å². The number of hydrogen-bond acceptors (Lipinski definition) is 6. The van der Waals surface area contributed by atoms with Crippen LogP contribution in [0.5, 0.6) is 0 Å². The molecule has 0 aliphatic carbocycles. The van der Waals surface area contributed by atoms with Crippen LogP contribution in [0.4, 0.5) is 0 Å². The van der Waals surface area contributed by atoms with E-state index in [0.717, 1.165) is 36.2 Å². The van der Waals surface area contributed by atoms with Gasteiger partial charge in [0.1, 0.15) is 17.4 Å². The van der Waals surface area contributed by atoms with Gasteiger partial charge in [-0.15, -0.1) is 0 Å². The molecule has 9 heteroatoms. The van der Waals surface area contributed by atoms with Crippen LogP contribution in [0.15, 0.2) is 18.5 Å². The fraction of sp³-hybridized carbons (Fsp3) is 0.682. The van der Waals surface area contributed by atoms with Gasteiger partial charge < -0.3 is 9.30 Å². The highest BCUT2D eigenvalue weighted by Crippen LogP contribution is 2.19. The van der Waals surface area contributed by atoms with Crippen molar-refractivity contribution in [3.05, 3.63) is 24.3 Å². The lowest BCUT2D eigenvalue weighted by Crippen LogP contribution is -2.45. The first-order chi connectivity index (χ1) is 14.5. The summed E-state index contributed by atoms with van der Waals surface area (Å²) in [7, 11) is -2.07. The maximum Gasteiger partial charge on any atom is 0.324 e. The zero-order chi connectivity index (χ0) is 23.2. The molecule has 0 bridgehead atoms. The van der Waals surface area contributed by atoms with Gasteiger partial charge in [-0.2, -0.15) is 4.31 Å². The van der Waals surface area contributed by atoms with Gasteiger partial charge in [0.15, 0.2) is 0 Å². The Morgan fingerprint density at radius 2 is 1.90 bits per heavy atom. The number of sulfonamides is 1. The van der Waals surface area contributed by atoms with Gasteiger partial charge in [-0.1, -0.05) is 20.3 Å². The van der Waals surface area contributed by atoms with Crippen molar-refractivity contribution < 1.29 is 17.9 Å². The fourth-order valence-corrected chi connectivity index (χ4v) is 5.02. The predicted octanol–water partition coefficient (Wildman–Crippen LogP) is 3.54. The quantitative estimate of drug-likeness (QED) is 0.361. The van der Waals surface area contributed by atoms with Crippen molar-refractivity contribution in [2.45, 2.75) is 79.0 Å². The summed E-state index contributed by atoms with van der Waals surface area (Å²) in [6, 6.07) is 1.15. The molecule has 0 N–H and O–H groups in total. The maximum atomic E-state index is 12.9. The lowest BCUT2D eigenvalue weighted by molar-refractivity contribution is -0.152. The maximum absolute atomic E-state index is 12.9. The second kappa shape index (κ2) is 11.0. The van der Waals surface area contributed by atoms with E-state index in [0.29, 0.717) is 12.8 Å². The minimum absolute atomic E-state index is 0.0145. The number of hydrogen-bond donors (Lipinski definition) is 0. The number of carbonyl (C=O) groups excluding carboxylic acids is 1. The summed E-state index contributed by atoms with van der Waals surface area (Å²) in [5, 5.41) is 0. The molecular formula is C22H36N4O4S. The third-order valence-corrected chi connectivity index (χ3v) is 7.16. The van der Waals surface area contributed by atoms with Crippen molar-refractivity contribution in [1.82, 2.24) is 18.8 Å². The average molecular weight is 453 g/mol. The normalized spacial score (nSPS) is 13.5. The zero-order valence-corrected chi connectivity index (χ0v) is 20.4. The standard InChI is InChI=1S/C22H36N4O4S/c1-16(2)14-21(22(27)30-17(3)4)25(6)31(28,29)13-9-7-8-12-26-18(5)24-19-15-23-11-10-20(19)26/h10-11,15-17,21H,7-9,12-14H2,1-6H3/t21-/m0/s1. The van der Waals surface area contributed by atoms with E-state index in [1.54, 1.807) is 26.2 Å². The van der Waals surface area contributed by atoms with E-state index in [9.17, 15) is 13.2 Å². The third-order valence-electron chi connectivity index (χ3n) is 5.22. The number of fused-ring (bicyclic) bond motifs is 1. The van der Waals surface area contributed by atoms with E-state index < -0.39 is 22.0 Å². The van der Waals surface area contributed by atoms with Gasteiger partial charge in [-0.25, -0.2) is 13.4 Å². The summed E-state index contributed by atoms with van der Waals surface area (Å²) in [4.78, 5) is 21.1. The summed E-state index contributed by atoms with van der Waals surface area (Å²) < 4.78 is 34.4. The topological polar surface area (TPSA) is 94.4 Å². The lowest BCUT2D eigenvalue weighted by Gasteiger charge is -2.28. The number of esters is 1. The molecule has 2 aromatic heterocycles. The first-order valence-electron chi connectivity index (χ1n) is 11.0. The summed E-state index contributed by atoms with van der Waals surface area (Å²) in [6.07, 6.45) is 5.80. The van der Waals surface area contributed by atoms with Gasteiger partial charge in [0.25, 0.3) is 0 Å². The highest BCUT2D eigenvalue weighted by molar-refractivity contribution is 7.89. The lowest BCUT2D eigenvalue weighted by atomic mass is 10.0. The van der Waals surface area contributed by atoms with E-state index in [1.807, 2.05) is 26.8 Å². The monoisotopic (exact) mass is 452 g/mol. The first kappa shape index (κ1) is 25.3. The van der Waals surface area contributed by atoms with Crippen molar-refractivity contribution in [1.29, 1.82) is 0 Å². The van der Waals surface area contributed by atoms with Crippen LogP contribution >= 0.6 is 0 Å². The molecule has 0 fully saturated rings. The van der Waals surface area contributed by atoms with Crippen LogP contribution in [0.25, 0.3) is 11.0 Å². The summed E-state index contributed by atoms with van der Waals surface area (Å²) in [6.45, 7) is 10.2. The number of aromatic nitrogens is 3. The molecule has 0 saturated carbocycles. The van der Waals surface area contributed by atoms with Gasteiger partial charge in [0.2, 0.25) is 10.0 Å². The molecule has 0 amide bonds. The zero-order valence-electron chi connectivity index (χ0n) is 19.5. The molecule has 0 saturated heterocycles. The molecule has 0 radical (unpaired) electrons. The number of likely N-dealkylation sites (N-methyl/N-ethyl adjacent to an activating group) is 1. The van der Waals surface area contributed by atoms with Gasteiger partial charge in [0.05, 0.1) is 23.6 Å². The van der Waals surface area contributed by atoms with Crippen molar-refractivity contribution in [3.8, 4) is 0 Å². The van der Waals surface area contributed by atoms with E-state index in [2.05, 4.69) is 14.5 Å². The minimum Gasteiger partial charge on any atom is -0.462 e. The smallest absolute Gasteiger partial charge is 0.324 e. The molecule has 1 atom stereocenters. The second-order valence-corrected chi connectivity index (χ2v) is 10.8. The number of rotatable bonds is 12. The Morgan fingerprint density at radius 3 is 2.55 bits per heavy atom. The van der Waals surface area contributed by atoms with Crippen LogP contribution in [0, 0.1) is 12.8 Å². The highest BCUT2D eigenvalue weighted by atomic mass is 32.2. The van der Waals surface area contributed by atoms with Crippen molar-refractivity contribution in [2.24, 2.45) is 5.92 Å². The number of imidazole rings is 1. The molecule has 2 rings (SSSR count). The molecule has 0 aliphatic heterocycles. The molecule has 0 unspecified atom stereocenters. The molecule has 2 aromatic rings. The van der Waals surface area contributed by atoms with Crippen LogP contribution in [0.2, 0.25) is 0 Å². The molecule has 0 aliphatic rings. The van der Waals surface area contributed by atoms with Crippen LogP contribution in [-0.2, 0) is 26.1 Å². The van der Waals surface area contributed by atoms with E-state index >= 15 is 0 Å². The molecule has 31 heavy (non-hydrogen) atoms. The second-order valence-electron chi connectivity index (χ2n) is 8.70. The van der Waals surface area contributed by atoms with Crippen molar-refractivity contribution >= 4 is 27.0 Å². The van der Waals surface area contributed by atoms with E-state index in [-0.39, 0.29) is 17.8 Å². The van der Waals surface area contributed by atoms with E-state index in [1.165, 1.54) is 11.4 Å². The minimum atomic E-state index is -3.56. The Morgan fingerprint density at radius 1 is 1.19 bits per heavy atom. The Bertz CT molecular complexity index is 969. The molecule has 0 aromatic carbocycles. The Balaban J connectivity index is 1.91. The number of ether oxygens (including phenoxy) is 1. The van der Waals surface area contributed by atoms with Crippen LogP contribution in [-0.4, -0.2) is 58.2 Å².